The van der Waals surface area contributed by atoms with Crippen LogP contribution in [0.25, 0.3) is 0 Å². The third-order valence-corrected chi connectivity index (χ3v) is 3.99. The Hall–Kier alpha value is -1.02. The second-order valence-electron chi connectivity index (χ2n) is 7.28. The van der Waals surface area contributed by atoms with E-state index in [1.807, 2.05) is 0 Å². The molecule has 2 atom stereocenters. The van der Waals surface area contributed by atoms with E-state index >= 15 is 0 Å². The van der Waals surface area contributed by atoms with E-state index in [4.69, 9.17) is 4.74 Å². The number of benzene rings is 1. The van der Waals surface area contributed by atoms with Gasteiger partial charge in [-0.3, -0.25) is 0 Å². The monoisotopic (exact) mass is 275 g/mol. The zero-order chi connectivity index (χ0) is 14.8. The summed E-state index contributed by atoms with van der Waals surface area (Å²) in [5.74, 6) is 2.47. The van der Waals surface area contributed by atoms with Crippen molar-refractivity contribution in [1.29, 1.82) is 0 Å². The summed E-state index contributed by atoms with van der Waals surface area (Å²) in [6.07, 6.45) is 2.85. The highest BCUT2D eigenvalue weighted by Crippen LogP contribution is 2.45. The number of hydrogen-bond donors (Lipinski definition) is 1. The molecule has 0 aromatic heterocycles. The van der Waals surface area contributed by atoms with Gasteiger partial charge in [0.25, 0.3) is 0 Å². The maximum Gasteiger partial charge on any atom is 0.123 e. The third kappa shape index (κ3) is 3.99. The Morgan fingerprint density at radius 3 is 2.45 bits per heavy atom. The van der Waals surface area contributed by atoms with Gasteiger partial charge < -0.3 is 10.1 Å². The van der Waals surface area contributed by atoms with Gasteiger partial charge in [0.05, 0.1) is 6.10 Å². The lowest BCUT2D eigenvalue weighted by Gasteiger charge is -2.39. The molecule has 2 unspecified atom stereocenters. The molecule has 112 valence electrons. The molecule has 20 heavy (non-hydrogen) atoms. The summed E-state index contributed by atoms with van der Waals surface area (Å²) in [4.78, 5) is 0. The average molecular weight is 275 g/mol. The van der Waals surface area contributed by atoms with Crippen molar-refractivity contribution in [1.82, 2.24) is 5.32 Å². The third-order valence-electron chi connectivity index (χ3n) is 3.99. The number of hydrogen-bond acceptors (Lipinski definition) is 2. The second-order valence-corrected chi connectivity index (χ2v) is 7.28. The molecule has 0 amide bonds. The molecule has 1 N–H and O–H groups in total. The molecule has 2 heteroatoms. The summed E-state index contributed by atoms with van der Waals surface area (Å²) in [6, 6.07) is 8.56. The summed E-state index contributed by atoms with van der Waals surface area (Å²) >= 11 is 0. The van der Waals surface area contributed by atoms with Gasteiger partial charge in [-0.15, -0.1) is 0 Å². The lowest BCUT2D eigenvalue weighted by Crippen LogP contribution is -2.43. The fourth-order valence-corrected chi connectivity index (χ4v) is 2.81. The van der Waals surface area contributed by atoms with Crippen molar-refractivity contribution in [2.75, 3.05) is 6.54 Å². The van der Waals surface area contributed by atoms with Crippen molar-refractivity contribution in [3.05, 3.63) is 29.8 Å². The van der Waals surface area contributed by atoms with E-state index in [1.54, 1.807) is 0 Å². The van der Waals surface area contributed by atoms with Crippen LogP contribution < -0.4 is 10.1 Å². The maximum atomic E-state index is 5.98. The van der Waals surface area contributed by atoms with E-state index in [1.165, 1.54) is 18.4 Å². The number of para-hydroxylation sites is 1. The van der Waals surface area contributed by atoms with Crippen molar-refractivity contribution < 1.29 is 4.74 Å². The Morgan fingerprint density at radius 2 is 1.90 bits per heavy atom. The van der Waals surface area contributed by atoms with Crippen LogP contribution in [0.4, 0.5) is 0 Å². The highest BCUT2D eigenvalue weighted by atomic mass is 16.5. The summed E-state index contributed by atoms with van der Waals surface area (Å²) in [6.45, 7) is 12.0. The Morgan fingerprint density at radius 1 is 1.20 bits per heavy atom. The Bertz CT molecular complexity index is 433. The Balaban J connectivity index is 2.04. The highest BCUT2D eigenvalue weighted by Gasteiger charge is 2.34. The highest BCUT2D eigenvalue weighted by molar-refractivity contribution is 5.38. The standard InChI is InChI=1S/C18H29NO/c1-13(2)20-17-9-7-6-8-16(17)15-11-10-14(15)12-19-18(3,4)5/h6-9,13-15,19H,10-12H2,1-5H3. The van der Waals surface area contributed by atoms with Gasteiger partial charge in [0.15, 0.2) is 0 Å². The van der Waals surface area contributed by atoms with Crippen LogP contribution in [0.1, 0.15) is 58.9 Å². The molecule has 0 heterocycles. The first-order chi connectivity index (χ1) is 9.37. The van der Waals surface area contributed by atoms with Crippen LogP contribution in [-0.2, 0) is 0 Å². The molecule has 0 aliphatic heterocycles. The molecule has 1 aliphatic rings. The van der Waals surface area contributed by atoms with Crippen LogP contribution in [0.3, 0.4) is 0 Å². The van der Waals surface area contributed by atoms with Gasteiger partial charge in [0.1, 0.15) is 5.75 Å². The van der Waals surface area contributed by atoms with E-state index in [9.17, 15) is 0 Å². The zero-order valence-electron chi connectivity index (χ0n) is 13.6. The van der Waals surface area contributed by atoms with Gasteiger partial charge >= 0.3 is 0 Å². The first kappa shape index (κ1) is 15.4. The van der Waals surface area contributed by atoms with E-state index in [0.29, 0.717) is 5.92 Å². The largest absolute Gasteiger partial charge is 0.491 e. The lowest BCUT2D eigenvalue weighted by atomic mass is 9.69. The minimum Gasteiger partial charge on any atom is -0.491 e. The normalized spacial score (nSPS) is 22.7. The Labute approximate surface area is 123 Å². The molecule has 1 aliphatic carbocycles. The van der Waals surface area contributed by atoms with Crippen molar-refractivity contribution >= 4 is 0 Å². The molecular formula is C18H29NO. The molecule has 1 fully saturated rings. The van der Waals surface area contributed by atoms with Gasteiger partial charge in [0, 0.05) is 5.54 Å². The lowest BCUT2D eigenvalue weighted by molar-refractivity contribution is 0.205. The molecule has 0 spiro atoms. The van der Waals surface area contributed by atoms with Crippen LogP contribution in [0.2, 0.25) is 0 Å². The minimum absolute atomic E-state index is 0.202. The second kappa shape index (κ2) is 6.17. The van der Waals surface area contributed by atoms with E-state index < -0.39 is 0 Å². The van der Waals surface area contributed by atoms with Crippen LogP contribution in [0.15, 0.2) is 24.3 Å². The van der Waals surface area contributed by atoms with Crippen LogP contribution >= 0.6 is 0 Å². The molecule has 0 saturated heterocycles. The van der Waals surface area contributed by atoms with Gasteiger partial charge in [-0.1, -0.05) is 18.2 Å². The summed E-state index contributed by atoms with van der Waals surface area (Å²) < 4.78 is 5.98. The molecule has 1 aromatic carbocycles. The van der Waals surface area contributed by atoms with Crippen molar-refractivity contribution in [3.63, 3.8) is 0 Å². The van der Waals surface area contributed by atoms with Gasteiger partial charge in [-0.2, -0.15) is 0 Å². The van der Waals surface area contributed by atoms with Crippen LogP contribution in [-0.4, -0.2) is 18.2 Å². The number of ether oxygens (including phenoxy) is 1. The van der Waals surface area contributed by atoms with Crippen molar-refractivity contribution in [2.45, 2.75) is 65.0 Å². The van der Waals surface area contributed by atoms with Crippen molar-refractivity contribution in [2.24, 2.45) is 5.92 Å². The maximum absolute atomic E-state index is 5.98. The summed E-state index contributed by atoms with van der Waals surface area (Å²) in [7, 11) is 0. The molecule has 2 rings (SSSR count). The number of rotatable bonds is 5. The molecule has 2 nitrogen and oxygen atoms in total. The first-order valence-corrected chi connectivity index (χ1v) is 7.87. The molecule has 1 saturated carbocycles. The molecule has 0 radical (unpaired) electrons. The summed E-state index contributed by atoms with van der Waals surface area (Å²) in [5, 5.41) is 3.64. The predicted octanol–water partition coefficient (Wildman–Crippen LogP) is 4.36. The quantitative estimate of drug-likeness (QED) is 0.862. The van der Waals surface area contributed by atoms with Crippen LogP contribution in [0.5, 0.6) is 5.75 Å². The minimum atomic E-state index is 0.202. The van der Waals surface area contributed by atoms with Gasteiger partial charge in [-0.25, -0.2) is 0 Å². The van der Waals surface area contributed by atoms with E-state index in [0.717, 1.165) is 18.2 Å². The van der Waals surface area contributed by atoms with Crippen molar-refractivity contribution in [3.8, 4) is 5.75 Å². The molecular weight excluding hydrogens is 246 g/mol. The predicted molar refractivity (Wildman–Crippen MR) is 85.4 cm³/mol. The zero-order valence-corrected chi connectivity index (χ0v) is 13.6. The van der Waals surface area contributed by atoms with E-state index in [2.05, 4.69) is 64.2 Å². The Kier molecular flexibility index (Phi) is 4.74. The smallest absolute Gasteiger partial charge is 0.123 e. The first-order valence-electron chi connectivity index (χ1n) is 7.87. The molecule has 1 aromatic rings. The summed E-state index contributed by atoms with van der Waals surface area (Å²) in [5.41, 5.74) is 1.60. The molecule has 0 bridgehead atoms. The fourth-order valence-electron chi connectivity index (χ4n) is 2.81. The topological polar surface area (TPSA) is 21.3 Å². The SMILES string of the molecule is CC(C)Oc1ccccc1C1CCC1CNC(C)(C)C. The van der Waals surface area contributed by atoms with E-state index in [-0.39, 0.29) is 11.6 Å². The van der Waals surface area contributed by atoms with Gasteiger partial charge in [0.2, 0.25) is 0 Å². The fraction of sp³-hybridized carbons (Fsp3) is 0.667. The average Bonchev–Trinajstić information content (AvgIpc) is 2.28. The van der Waals surface area contributed by atoms with Crippen LogP contribution in [0, 0.1) is 5.92 Å². The number of nitrogens with one attached hydrogen (secondary N) is 1. The van der Waals surface area contributed by atoms with Gasteiger partial charge in [-0.05, 0) is 77.5 Å².